The number of fused-ring (bicyclic) bond motifs is 2. The molecule has 0 saturated heterocycles. The topological polar surface area (TPSA) is 18.5 Å². The van der Waals surface area contributed by atoms with Crippen LogP contribution in [-0.2, 0) is 32.5 Å². The molecule has 4 aromatic carbocycles. The van der Waals surface area contributed by atoms with E-state index in [0.29, 0.717) is 11.8 Å². The summed E-state index contributed by atoms with van der Waals surface area (Å²) in [5.74, 6) is 2.78. The van der Waals surface area contributed by atoms with Gasteiger partial charge in [-0.2, -0.15) is 0 Å². The molecule has 4 aromatic rings. The smallest absolute Gasteiger partial charge is 0.131 e. The molecule has 2 unspecified atom stereocenters. The molecule has 63 heavy (non-hydrogen) atoms. The molecule has 2 aliphatic rings. The first-order valence-electron chi connectivity index (χ1n) is 23.7. The highest BCUT2D eigenvalue weighted by Gasteiger charge is 2.36. The average molecular weight is 863 g/mol. The van der Waals surface area contributed by atoms with E-state index in [-0.39, 0.29) is 32.5 Å². The highest BCUT2D eigenvalue weighted by Crippen LogP contribution is 2.54. The third kappa shape index (κ3) is 9.62. The lowest BCUT2D eigenvalue weighted by atomic mass is 9.76. The van der Waals surface area contributed by atoms with Gasteiger partial charge in [-0.15, -0.1) is 0 Å². The van der Waals surface area contributed by atoms with Crippen molar-refractivity contribution in [3.63, 3.8) is 0 Å². The Kier molecular flexibility index (Phi) is 12.8. The molecule has 2 nitrogen and oxygen atoms in total. The van der Waals surface area contributed by atoms with E-state index in [1.807, 2.05) is 14.2 Å². The fourth-order valence-electron chi connectivity index (χ4n) is 9.74. The number of rotatable bonds is 8. The highest BCUT2D eigenvalue weighted by molar-refractivity contribution is 6.36. The van der Waals surface area contributed by atoms with E-state index >= 15 is 0 Å². The zero-order chi connectivity index (χ0) is 47.2. The number of ether oxygens (including phenoxy) is 2. The van der Waals surface area contributed by atoms with E-state index in [0.717, 1.165) is 33.1 Å². The minimum atomic E-state index is -0.0913. The van der Waals surface area contributed by atoms with Crippen LogP contribution in [0.3, 0.4) is 0 Å². The summed E-state index contributed by atoms with van der Waals surface area (Å²) in [7, 11) is 4.54. The van der Waals surface area contributed by atoms with Crippen LogP contribution < -0.4 is 9.47 Å². The van der Waals surface area contributed by atoms with Crippen LogP contribution >= 0.6 is 0 Å². The molecule has 2 atom stereocenters. The normalized spacial score (nSPS) is 17.1. The predicted octanol–water partition coefficient (Wildman–Crippen LogP) is 17.1. The van der Waals surface area contributed by atoms with Gasteiger partial charge in [0.05, 0.1) is 14.2 Å². The highest BCUT2D eigenvalue weighted by atomic mass is 28.2. The van der Waals surface area contributed by atoms with E-state index in [1.54, 1.807) is 0 Å². The lowest BCUT2D eigenvalue weighted by Gasteiger charge is -2.30. The van der Waals surface area contributed by atoms with Gasteiger partial charge in [0.25, 0.3) is 0 Å². The molecule has 0 aromatic heterocycles. The largest absolute Gasteiger partial charge is 0.496 e. The van der Waals surface area contributed by atoms with Gasteiger partial charge in [0, 0.05) is 43.6 Å². The summed E-state index contributed by atoms with van der Waals surface area (Å²) < 4.78 is 13.0. The zero-order valence-corrected chi connectivity index (χ0v) is 44.7. The molecule has 2 radical (unpaired) electrons. The third-order valence-electron chi connectivity index (χ3n) is 13.9. The molecule has 0 fully saturated rings. The molecular formula is C60H82O2Si. The van der Waals surface area contributed by atoms with Gasteiger partial charge in [-0.1, -0.05) is 209 Å². The Hall–Kier alpha value is -3.82. The predicted molar refractivity (Wildman–Crippen MR) is 277 cm³/mol. The van der Waals surface area contributed by atoms with Crippen molar-refractivity contribution in [1.82, 2.24) is 0 Å². The quantitative estimate of drug-likeness (QED) is 0.164. The maximum Gasteiger partial charge on any atom is 0.131 e. The van der Waals surface area contributed by atoms with Crippen LogP contribution in [0.15, 0.2) is 59.7 Å². The second-order valence-corrected chi connectivity index (χ2v) is 26.6. The molecule has 6 rings (SSSR count). The summed E-state index contributed by atoms with van der Waals surface area (Å²) in [6.07, 6.45) is 4.99. The first-order chi connectivity index (χ1) is 28.8. The number of hydrogen-bond donors (Lipinski definition) is 0. The molecule has 2 aliphatic carbocycles. The first kappa shape index (κ1) is 48.6. The van der Waals surface area contributed by atoms with Gasteiger partial charge in [0.15, 0.2) is 0 Å². The summed E-state index contributed by atoms with van der Waals surface area (Å²) in [6.45, 7) is 46.8. The zero-order valence-electron chi connectivity index (χ0n) is 43.7. The Morgan fingerprint density at radius 2 is 0.698 bits per heavy atom. The van der Waals surface area contributed by atoms with Crippen LogP contribution in [0.5, 0.6) is 11.5 Å². The Bertz CT molecular complexity index is 2230. The second kappa shape index (κ2) is 16.6. The average Bonchev–Trinajstić information content (AvgIpc) is 3.64. The van der Waals surface area contributed by atoms with Crippen LogP contribution in [0.4, 0.5) is 0 Å². The number of benzene rings is 4. The third-order valence-corrected chi connectivity index (χ3v) is 15.3. The molecule has 3 heteroatoms. The Morgan fingerprint density at radius 1 is 0.413 bits per heavy atom. The lowest BCUT2D eigenvalue weighted by molar-refractivity contribution is 0.398. The molecule has 338 valence electrons. The summed E-state index contributed by atoms with van der Waals surface area (Å²) in [5, 5.41) is 0. The summed E-state index contributed by atoms with van der Waals surface area (Å²) in [6, 6.07) is 22.0. The van der Waals surface area contributed by atoms with Crippen molar-refractivity contribution in [3.8, 4) is 33.8 Å². The van der Waals surface area contributed by atoms with Gasteiger partial charge in [0.2, 0.25) is 0 Å². The van der Waals surface area contributed by atoms with Crippen molar-refractivity contribution < 1.29 is 9.47 Å². The van der Waals surface area contributed by atoms with Crippen LogP contribution in [0.25, 0.3) is 34.4 Å². The van der Waals surface area contributed by atoms with Crippen molar-refractivity contribution in [2.24, 2.45) is 0 Å². The van der Waals surface area contributed by atoms with E-state index < -0.39 is 0 Å². The van der Waals surface area contributed by atoms with Crippen molar-refractivity contribution in [2.75, 3.05) is 14.2 Å². The monoisotopic (exact) mass is 863 g/mol. The van der Waals surface area contributed by atoms with Crippen LogP contribution in [0.2, 0.25) is 12.1 Å². The molecular weight excluding hydrogens is 781 g/mol. The van der Waals surface area contributed by atoms with Crippen molar-refractivity contribution >= 4 is 21.7 Å². The fraction of sp³-hybridized carbons (Fsp3) is 0.533. The van der Waals surface area contributed by atoms with Gasteiger partial charge in [-0.3, -0.25) is 0 Å². The molecule has 0 amide bonds. The lowest BCUT2D eigenvalue weighted by Crippen LogP contribution is -2.18. The van der Waals surface area contributed by atoms with E-state index in [4.69, 9.17) is 9.47 Å². The minimum absolute atomic E-state index is 0.0142. The summed E-state index contributed by atoms with van der Waals surface area (Å²) in [4.78, 5) is 0. The number of methoxy groups -OCH3 is 2. The van der Waals surface area contributed by atoms with Gasteiger partial charge in [-0.25, -0.2) is 0 Å². The van der Waals surface area contributed by atoms with Crippen LogP contribution in [0, 0.1) is 0 Å². The summed E-state index contributed by atoms with van der Waals surface area (Å²) in [5.41, 5.74) is 21.5. The van der Waals surface area contributed by atoms with Crippen molar-refractivity contribution in [3.05, 3.63) is 115 Å². The number of hydrogen-bond acceptors (Lipinski definition) is 2. The SMILES string of the molecule is COc1c(C(C)(C)C)cc2c(c1-c1cc(C(C)(C)C)cc(C(C)(C)C)c1)C=C(C)C2C[Si]CC1C(C)=Cc2c1cc(C(C)(C)C)c(OC)c2-c1cc(C(C)(C)C)cc(C(C)(C)C)c1. The Morgan fingerprint density at radius 3 is 0.937 bits per heavy atom. The molecule has 0 saturated carbocycles. The van der Waals surface area contributed by atoms with E-state index in [1.165, 1.54) is 89.0 Å². The van der Waals surface area contributed by atoms with Gasteiger partial charge in [-0.05, 0) is 102 Å². The molecule has 0 bridgehead atoms. The van der Waals surface area contributed by atoms with Crippen LogP contribution in [-0.4, -0.2) is 23.7 Å². The second-order valence-electron chi connectivity index (χ2n) is 25.3. The summed E-state index contributed by atoms with van der Waals surface area (Å²) >= 11 is 0. The van der Waals surface area contributed by atoms with Crippen LogP contribution in [0.1, 0.15) is 206 Å². The van der Waals surface area contributed by atoms with E-state index in [9.17, 15) is 0 Å². The van der Waals surface area contributed by atoms with Gasteiger partial charge < -0.3 is 9.47 Å². The van der Waals surface area contributed by atoms with Gasteiger partial charge in [0.1, 0.15) is 11.5 Å². The Labute approximate surface area is 387 Å². The molecule has 0 aliphatic heterocycles. The molecule has 0 heterocycles. The number of allylic oxidation sites excluding steroid dienone is 2. The van der Waals surface area contributed by atoms with Gasteiger partial charge >= 0.3 is 0 Å². The standard InChI is InChI=1S/C60H82O2Si/c1-35-23-45-43(31-49(59(15,16)17)53(61-21)51(45)37-25-39(55(3,4)5)29-40(26-37)56(6,7)8)47(35)33-63-34-48-36(2)24-46-44(48)32-50(60(18,19)20)54(62-22)52(46)38-27-41(57(9,10)11)30-42(28-38)58(12,13)14/h23-32,47-48H,33-34H2,1-22H3. The maximum atomic E-state index is 6.49. The van der Waals surface area contributed by atoms with E-state index in [2.05, 4.69) is 199 Å². The minimum Gasteiger partial charge on any atom is -0.496 e. The Balaban J connectivity index is 1.45. The maximum absolute atomic E-state index is 6.49. The van der Waals surface area contributed by atoms with Crippen molar-refractivity contribution in [2.45, 2.75) is 195 Å². The van der Waals surface area contributed by atoms with Crippen molar-refractivity contribution in [1.29, 1.82) is 0 Å². The molecule has 0 spiro atoms. The molecule has 0 N–H and O–H groups in total. The first-order valence-corrected chi connectivity index (χ1v) is 25.1. The fourth-order valence-corrected chi connectivity index (χ4v) is 11.6.